The van der Waals surface area contributed by atoms with Crippen molar-refractivity contribution >= 4 is 6.08 Å². The van der Waals surface area contributed by atoms with Gasteiger partial charge in [0.15, 0.2) is 0 Å². The Balaban J connectivity index is 2.58. The molecule has 0 aliphatic heterocycles. The SMILES string of the molecule is Cc1nc2c(nc1C)CCC=C2. The van der Waals surface area contributed by atoms with Gasteiger partial charge in [0.25, 0.3) is 0 Å². The van der Waals surface area contributed by atoms with Gasteiger partial charge in [-0.15, -0.1) is 0 Å². The van der Waals surface area contributed by atoms with Crippen LogP contribution in [0.4, 0.5) is 0 Å². The molecule has 0 amide bonds. The second kappa shape index (κ2) is 2.70. The highest BCUT2D eigenvalue weighted by atomic mass is 14.8. The Kier molecular flexibility index (Phi) is 1.68. The van der Waals surface area contributed by atoms with Gasteiger partial charge in [-0.3, -0.25) is 4.98 Å². The Labute approximate surface area is 72.4 Å². The van der Waals surface area contributed by atoms with Crippen LogP contribution < -0.4 is 0 Å². The highest BCUT2D eigenvalue weighted by Gasteiger charge is 2.08. The molecular weight excluding hydrogens is 148 g/mol. The van der Waals surface area contributed by atoms with Gasteiger partial charge < -0.3 is 0 Å². The lowest BCUT2D eigenvalue weighted by Gasteiger charge is -2.10. The number of aryl methyl sites for hydroxylation is 3. The van der Waals surface area contributed by atoms with Crippen molar-refractivity contribution in [2.75, 3.05) is 0 Å². The second-order valence-corrected chi connectivity index (χ2v) is 3.17. The summed E-state index contributed by atoms with van der Waals surface area (Å²) in [5, 5.41) is 0. The summed E-state index contributed by atoms with van der Waals surface area (Å²) in [6.07, 6.45) is 6.37. The summed E-state index contributed by atoms with van der Waals surface area (Å²) in [4.78, 5) is 8.96. The van der Waals surface area contributed by atoms with E-state index in [0.717, 1.165) is 35.6 Å². The minimum absolute atomic E-state index is 1.04. The van der Waals surface area contributed by atoms with Crippen molar-refractivity contribution in [3.05, 3.63) is 28.9 Å². The van der Waals surface area contributed by atoms with Gasteiger partial charge in [0.1, 0.15) is 0 Å². The maximum atomic E-state index is 4.50. The standard InChI is InChI=1S/C10H12N2/c1-7-8(2)12-10-6-4-3-5-9(10)11-7/h3,5H,4,6H2,1-2H3. The van der Waals surface area contributed by atoms with Crippen LogP contribution in [0.1, 0.15) is 29.2 Å². The molecule has 62 valence electrons. The van der Waals surface area contributed by atoms with Crippen LogP contribution in [0.2, 0.25) is 0 Å². The highest BCUT2D eigenvalue weighted by Crippen LogP contribution is 2.16. The molecule has 0 unspecified atom stereocenters. The molecular formula is C10H12N2. The maximum absolute atomic E-state index is 4.50. The lowest BCUT2D eigenvalue weighted by Crippen LogP contribution is -2.04. The Morgan fingerprint density at radius 2 is 1.92 bits per heavy atom. The van der Waals surface area contributed by atoms with E-state index in [-0.39, 0.29) is 0 Å². The van der Waals surface area contributed by atoms with E-state index in [1.54, 1.807) is 0 Å². The molecule has 1 aliphatic carbocycles. The quantitative estimate of drug-likeness (QED) is 0.580. The van der Waals surface area contributed by atoms with E-state index in [1.807, 2.05) is 13.8 Å². The first-order chi connectivity index (χ1) is 5.77. The third-order valence-corrected chi connectivity index (χ3v) is 2.23. The topological polar surface area (TPSA) is 25.8 Å². The number of rotatable bonds is 0. The van der Waals surface area contributed by atoms with Crippen LogP contribution in [0.5, 0.6) is 0 Å². The van der Waals surface area contributed by atoms with Crippen LogP contribution in [0, 0.1) is 13.8 Å². The molecule has 1 heterocycles. The Hall–Kier alpha value is -1.18. The first-order valence-electron chi connectivity index (χ1n) is 4.28. The molecule has 0 fully saturated rings. The van der Waals surface area contributed by atoms with Gasteiger partial charge in [-0.2, -0.15) is 0 Å². The van der Waals surface area contributed by atoms with Crippen molar-refractivity contribution in [1.82, 2.24) is 9.97 Å². The summed E-state index contributed by atoms with van der Waals surface area (Å²) >= 11 is 0. The number of aromatic nitrogens is 2. The van der Waals surface area contributed by atoms with E-state index < -0.39 is 0 Å². The van der Waals surface area contributed by atoms with E-state index in [1.165, 1.54) is 0 Å². The lowest BCUT2D eigenvalue weighted by molar-refractivity contribution is 0.871. The fourth-order valence-electron chi connectivity index (χ4n) is 1.40. The van der Waals surface area contributed by atoms with Gasteiger partial charge >= 0.3 is 0 Å². The van der Waals surface area contributed by atoms with E-state index in [4.69, 9.17) is 0 Å². The molecule has 2 rings (SSSR count). The van der Waals surface area contributed by atoms with Gasteiger partial charge in [-0.25, -0.2) is 4.98 Å². The van der Waals surface area contributed by atoms with Gasteiger partial charge in [0.05, 0.1) is 22.8 Å². The molecule has 2 nitrogen and oxygen atoms in total. The number of fused-ring (bicyclic) bond motifs is 1. The van der Waals surface area contributed by atoms with Crippen molar-refractivity contribution in [3.63, 3.8) is 0 Å². The summed E-state index contributed by atoms with van der Waals surface area (Å²) in [5.41, 5.74) is 4.31. The molecule has 0 saturated carbocycles. The zero-order valence-electron chi connectivity index (χ0n) is 7.46. The van der Waals surface area contributed by atoms with Crippen molar-refractivity contribution in [1.29, 1.82) is 0 Å². The number of allylic oxidation sites excluding steroid dienone is 1. The molecule has 1 aromatic rings. The molecule has 12 heavy (non-hydrogen) atoms. The summed E-state index contributed by atoms with van der Waals surface area (Å²) in [6.45, 7) is 4.02. The summed E-state index contributed by atoms with van der Waals surface area (Å²) < 4.78 is 0. The van der Waals surface area contributed by atoms with Crippen LogP contribution in [0.15, 0.2) is 6.08 Å². The molecule has 0 radical (unpaired) electrons. The van der Waals surface area contributed by atoms with E-state index in [0.29, 0.717) is 0 Å². The molecule has 1 aliphatic rings. The normalized spacial score (nSPS) is 14.5. The molecule has 0 N–H and O–H groups in total. The van der Waals surface area contributed by atoms with Gasteiger partial charge in [0, 0.05) is 0 Å². The molecule has 0 saturated heterocycles. The average molecular weight is 160 g/mol. The monoisotopic (exact) mass is 160 g/mol. The van der Waals surface area contributed by atoms with Crippen LogP contribution >= 0.6 is 0 Å². The van der Waals surface area contributed by atoms with Gasteiger partial charge in [-0.1, -0.05) is 6.08 Å². The summed E-state index contributed by atoms with van der Waals surface area (Å²) in [5.74, 6) is 0. The van der Waals surface area contributed by atoms with E-state index in [2.05, 4.69) is 22.1 Å². The molecule has 0 bridgehead atoms. The van der Waals surface area contributed by atoms with Crippen molar-refractivity contribution < 1.29 is 0 Å². The van der Waals surface area contributed by atoms with Crippen LogP contribution in [0.3, 0.4) is 0 Å². The van der Waals surface area contributed by atoms with E-state index >= 15 is 0 Å². The fourth-order valence-corrected chi connectivity index (χ4v) is 1.40. The number of hydrogen-bond donors (Lipinski definition) is 0. The number of hydrogen-bond acceptors (Lipinski definition) is 2. The van der Waals surface area contributed by atoms with Crippen LogP contribution in [0.25, 0.3) is 6.08 Å². The summed E-state index contributed by atoms with van der Waals surface area (Å²) in [6, 6.07) is 0. The highest BCUT2D eigenvalue weighted by molar-refractivity contribution is 5.50. The second-order valence-electron chi connectivity index (χ2n) is 3.17. The zero-order chi connectivity index (χ0) is 8.55. The van der Waals surface area contributed by atoms with Gasteiger partial charge in [-0.05, 0) is 32.8 Å². The molecule has 0 atom stereocenters. The first kappa shape index (κ1) is 7.47. The smallest absolute Gasteiger partial charge is 0.0845 e. The minimum atomic E-state index is 1.04. The average Bonchev–Trinajstić information content (AvgIpc) is 2.07. The maximum Gasteiger partial charge on any atom is 0.0845 e. The molecule has 2 heteroatoms. The predicted molar refractivity (Wildman–Crippen MR) is 48.9 cm³/mol. The minimum Gasteiger partial charge on any atom is -0.254 e. The molecule has 0 spiro atoms. The third kappa shape index (κ3) is 1.13. The largest absolute Gasteiger partial charge is 0.254 e. The van der Waals surface area contributed by atoms with Crippen LogP contribution in [-0.4, -0.2) is 9.97 Å². The van der Waals surface area contributed by atoms with Gasteiger partial charge in [0.2, 0.25) is 0 Å². The van der Waals surface area contributed by atoms with Crippen LogP contribution in [-0.2, 0) is 6.42 Å². The molecule has 0 aromatic carbocycles. The lowest BCUT2D eigenvalue weighted by atomic mass is 10.1. The fraction of sp³-hybridized carbons (Fsp3) is 0.400. The summed E-state index contributed by atoms with van der Waals surface area (Å²) in [7, 11) is 0. The van der Waals surface area contributed by atoms with Crippen molar-refractivity contribution in [3.8, 4) is 0 Å². The first-order valence-corrected chi connectivity index (χ1v) is 4.28. The van der Waals surface area contributed by atoms with Crippen molar-refractivity contribution in [2.45, 2.75) is 26.7 Å². The number of nitrogens with zero attached hydrogens (tertiary/aromatic N) is 2. The Morgan fingerprint density at radius 1 is 1.17 bits per heavy atom. The zero-order valence-corrected chi connectivity index (χ0v) is 7.46. The predicted octanol–water partition coefficient (Wildman–Crippen LogP) is 2.05. The van der Waals surface area contributed by atoms with Crippen molar-refractivity contribution in [2.24, 2.45) is 0 Å². The Morgan fingerprint density at radius 3 is 2.75 bits per heavy atom. The Bertz CT molecular complexity index is 340. The third-order valence-electron chi connectivity index (χ3n) is 2.23. The molecule has 1 aromatic heterocycles. The van der Waals surface area contributed by atoms with E-state index in [9.17, 15) is 0 Å².